The topological polar surface area (TPSA) is 3.88 Å². The minimum Gasteiger partial charge on any atom is -0.205 e. The number of hydrogen-bond donors (Lipinski definition) is 0. The molecule has 0 amide bonds. The highest BCUT2D eigenvalue weighted by atomic mass is 14.9. The van der Waals surface area contributed by atoms with Crippen LogP contribution in [0.15, 0.2) is 31.1 Å². The van der Waals surface area contributed by atoms with E-state index in [2.05, 4.69) is 42.6 Å². The Hall–Kier alpha value is -1.11. The maximum Gasteiger partial charge on any atom is 0.169 e. The van der Waals surface area contributed by atoms with Crippen molar-refractivity contribution < 1.29 is 4.57 Å². The van der Waals surface area contributed by atoms with Crippen LogP contribution in [0.1, 0.15) is 18.9 Å². The molecule has 0 radical (unpaired) electrons. The van der Waals surface area contributed by atoms with E-state index in [1.165, 1.54) is 12.0 Å². The van der Waals surface area contributed by atoms with Crippen molar-refractivity contribution in [2.24, 2.45) is 0 Å². The second-order valence-corrected chi connectivity index (χ2v) is 2.57. The SMILES string of the molecule is C=Cc1cc[n+](CCC)cc1. The third-order valence-corrected chi connectivity index (χ3v) is 1.63. The van der Waals surface area contributed by atoms with Gasteiger partial charge in [0, 0.05) is 18.6 Å². The maximum atomic E-state index is 3.70. The fourth-order valence-corrected chi connectivity index (χ4v) is 1.01. The second-order valence-electron chi connectivity index (χ2n) is 2.57. The van der Waals surface area contributed by atoms with Crippen LogP contribution in [-0.2, 0) is 6.54 Å². The number of pyridine rings is 1. The molecule has 0 aromatic carbocycles. The highest BCUT2D eigenvalue weighted by Crippen LogP contribution is 1.95. The lowest BCUT2D eigenvalue weighted by atomic mass is 10.3. The van der Waals surface area contributed by atoms with Gasteiger partial charge < -0.3 is 0 Å². The van der Waals surface area contributed by atoms with Crippen LogP contribution in [0, 0.1) is 0 Å². The van der Waals surface area contributed by atoms with Gasteiger partial charge >= 0.3 is 0 Å². The molecule has 1 heterocycles. The van der Waals surface area contributed by atoms with E-state index in [1.807, 2.05) is 6.08 Å². The third kappa shape index (κ3) is 2.19. The summed E-state index contributed by atoms with van der Waals surface area (Å²) >= 11 is 0. The lowest BCUT2D eigenvalue weighted by Crippen LogP contribution is -2.31. The molecule has 1 nitrogen and oxygen atoms in total. The zero-order valence-electron chi connectivity index (χ0n) is 6.96. The average molecular weight is 148 g/mol. The van der Waals surface area contributed by atoms with Gasteiger partial charge in [-0.15, -0.1) is 0 Å². The van der Waals surface area contributed by atoms with Crippen LogP contribution in [0.25, 0.3) is 6.08 Å². The van der Waals surface area contributed by atoms with Gasteiger partial charge in [0.1, 0.15) is 6.54 Å². The predicted octanol–water partition coefficient (Wildman–Crippen LogP) is 2.03. The molecule has 0 spiro atoms. The first kappa shape index (κ1) is 7.99. The van der Waals surface area contributed by atoms with Crippen LogP contribution in [-0.4, -0.2) is 0 Å². The number of hydrogen-bond acceptors (Lipinski definition) is 0. The van der Waals surface area contributed by atoms with E-state index in [-0.39, 0.29) is 0 Å². The molecule has 0 saturated heterocycles. The smallest absolute Gasteiger partial charge is 0.169 e. The van der Waals surface area contributed by atoms with Gasteiger partial charge in [-0.2, -0.15) is 0 Å². The van der Waals surface area contributed by atoms with Crippen LogP contribution in [0.5, 0.6) is 0 Å². The first-order chi connectivity index (χ1) is 5.36. The molecule has 0 saturated carbocycles. The number of nitrogens with zero attached hydrogens (tertiary/aromatic N) is 1. The Morgan fingerprint density at radius 3 is 2.55 bits per heavy atom. The summed E-state index contributed by atoms with van der Waals surface area (Å²) in [6, 6.07) is 4.14. The normalized spacial score (nSPS) is 9.55. The van der Waals surface area contributed by atoms with Crippen molar-refractivity contribution in [1.82, 2.24) is 0 Å². The van der Waals surface area contributed by atoms with Crippen molar-refractivity contribution in [2.45, 2.75) is 19.9 Å². The van der Waals surface area contributed by atoms with Gasteiger partial charge in [-0.05, 0) is 5.56 Å². The molecular formula is C10H14N+. The lowest BCUT2D eigenvalue weighted by molar-refractivity contribution is -0.697. The van der Waals surface area contributed by atoms with E-state index in [1.54, 1.807) is 0 Å². The second kappa shape index (κ2) is 3.91. The Kier molecular flexibility index (Phi) is 2.84. The van der Waals surface area contributed by atoms with E-state index in [9.17, 15) is 0 Å². The Morgan fingerprint density at radius 2 is 2.09 bits per heavy atom. The molecule has 0 fully saturated rings. The molecular weight excluding hydrogens is 134 g/mol. The Bertz CT molecular complexity index is 223. The monoisotopic (exact) mass is 148 g/mol. The zero-order chi connectivity index (χ0) is 8.10. The van der Waals surface area contributed by atoms with E-state index in [0.29, 0.717) is 0 Å². The molecule has 0 aliphatic heterocycles. The van der Waals surface area contributed by atoms with Crippen LogP contribution < -0.4 is 4.57 Å². The van der Waals surface area contributed by atoms with Gasteiger partial charge in [0.05, 0.1) is 0 Å². The first-order valence-electron chi connectivity index (χ1n) is 3.98. The minimum absolute atomic E-state index is 1.09. The quantitative estimate of drug-likeness (QED) is 0.577. The fraction of sp³-hybridized carbons (Fsp3) is 0.300. The summed E-state index contributed by atoms with van der Waals surface area (Å²) in [6.45, 7) is 6.97. The summed E-state index contributed by atoms with van der Waals surface area (Å²) in [5.41, 5.74) is 1.18. The highest BCUT2D eigenvalue weighted by molar-refractivity contribution is 5.44. The van der Waals surface area contributed by atoms with Crippen molar-refractivity contribution in [2.75, 3.05) is 0 Å². The summed E-state index contributed by atoms with van der Waals surface area (Å²) in [5, 5.41) is 0. The third-order valence-electron chi connectivity index (χ3n) is 1.63. The summed E-state index contributed by atoms with van der Waals surface area (Å²) < 4.78 is 2.17. The van der Waals surface area contributed by atoms with Crippen molar-refractivity contribution >= 4 is 6.08 Å². The zero-order valence-corrected chi connectivity index (χ0v) is 6.96. The Balaban J connectivity index is 2.74. The number of rotatable bonds is 3. The van der Waals surface area contributed by atoms with Crippen LogP contribution in [0.4, 0.5) is 0 Å². The maximum absolute atomic E-state index is 3.70. The predicted molar refractivity (Wildman–Crippen MR) is 47.0 cm³/mol. The molecule has 0 aliphatic carbocycles. The summed E-state index contributed by atoms with van der Waals surface area (Å²) in [7, 11) is 0. The summed E-state index contributed by atoms with van der Waals surface area (Å²) in [4.78, 5) is 0. The van der Waals surface area contributed by atoms with Gasteiger partial charge in [0.15, 0.2) is 12.4 Å². The summed E-state index contributed by atoms with van der Waals surface area (Å²) in [5.74, 6) is 0. The Morgan fingerprint density at radius 1 is 1.45 bits per heavy atom. The molecule has 1 aromatic heterocycles. The van der Waals surface area contributed by atoms with Gasteiger partial charge in [-0.1, -0.05) is 19.6 Å². The van der Waals surface area contributed by atoms with Gasteiger partial charge in [0.2, 0.25) is 0 Å². The van der Waals surface area contributed by atoms with Crippen molar-refractivity contribution in [3.8, 4) is 0 Å². The van der Waals surface area contributed by atoms with Crippen molar-refractivity contribution in [3.05, 3.63) is 36.7 Å². The minimum atomic E-state index is 1.09. The number of aryl methyl sites for hydroxylation is 1. The molecule has 1 aromatic rings. The molecule has 0 unspecified atom stereocenters. The van der Waals surface area contributed by atoms with Crippen molar-refractivity contribution in [1.29, 1.82) is 0 Å². The molecule has 1 rings (SSSR count). The van der Waals surface area contributed by atoms with E-state index in [4.69, 9.17) is 0 Å². The van der Waals surface area contributed by atoms with Crippen molar-refractivity contribution in [3.63, 3.8) is 0 Å². The van der Waals surface area contributed by atoms with Gasteiger partial charge in [0.25, 0.3) is 0 Å². The van der Waals surface area contributed by atoms with Gasteiger partial charge in [-0.25, -0.2) is 4.57 Å². The highest BCUT2D eigenvalue weighted by Gasteiger charge is 1.95. The standard InChI is InChI=1S/C10H14N/c1-3-7-11-8-5-10(4-2)6-9-11/h4-6,8-9H,2-3,7H2,1H3/q+1. The fourth-order valence-electron chi connectivity index (χ4n) is 1.01. The van der Waals surface area contributed by atoms with E-state index in [0.717, 1.165) is 6.54 Å². The largest absolute Gasteiger partial charge is 0.205 e. The lowest BCUT2D eigenvalue weighted by Gasteiger charge is -1.93. The summed E-state index contributed by atoms with van der Waals surface area (Å²) in [6.07, 6.45) is 7.20. The molecule has 0 N–H and O–H groups in total. The van der Waals surface area contributed by atoms with Crippen LogP contribution >= 0.6 is 0 Å². The Labute approximate surface area is 68.0 Å². The van der Waals surface area contributed by atoms with Gasteiger partial charge in [-0.3, -0.25) is 0 Å². The first-order valence-corrected chi connectivity index (χ1v) is 3.98. The molecule has 1 heteroatoms. The van der Waals surface area contributed by atoms with E-state index < -0.39 is 0 Å². The average Bonchev–Trinajstić information content (AvgIpc) is 2.07. The number of aromatic nitrogens is 1. The molecule has 0 atom stereocenters. The molecule has 0 aliphatic rings. The van der Waals surface area contributed by atoms with E-state index >= 15 is 0 Å². The van der Waals surface area contributed by atoms with Crippen LogP contribution in [0.2, 0.25) is 0 Å². The molecule has 58 valence electrons. The molecule has 0 bridgehead atoms. The molecule has 11 heavy (non-hydrogen) atoms. The van der Waals surface area contributed by atoms with Crippen LogP contribution in [0.3, 0.4) is 0 Å².